The largest absolute Gasteiger partial charge is 0.467 e. The molecule has 0 aromatic heterocycles. The van der Waals surface area contributed by atoms with Crippen molar-refractivity contribution in [2.75, 3.05) is 13.7 Å². The van der Waals surface area contributed by atoms with Gasteiger partial charge in [-0.3, -0.25) is 9.59 Å². The maximum absolute atomic E-state index is 12.9. The molecule has 0 aliphatic carbocycles. The fraction of sp³-hybridized carbons (Fsp3) is 0.385. The molecular formula is C26H33N3O6. The zero-order valence-electron chi connectivity index (χ0n) is 20.5. The van der Waals surface area contributed by atoms with Gasteiger partial charge in [-0.25, -0.2) is 9.59 Å². The first-order valence-corrected chi connectivity index (χ1v) is 11.3. The van der Waals surface area contributed by atoms with Crippen LogP contribution in [-0.2, 0) is 36.7 Å². The van der Waals surface area contributed by atoms with Crippen molar-refractivity contribution in [3.8, 4) is 0 Å². The van der Waals surface area contributed by atoms with Crippen molar-refractivity contribution < 1.29 is 28.7 Å². The second-order valence-electron chi connectivity index (χ2n) is 8.94. The van der Waals surface area contributed by atoms with Crippen LogP contribution >= 0.6 is 0 Å². The maximum atomic E-state index is 12.9. The molecule has 0 saturated heterocycles. The molecule has 35 heavy (non-hydrogen) atoms. The van der Waals surface area contributed by atoms with Gasteiger partial charge in [0.05, 0.1) is 13.7 Å². The molecule has 3 N–H and O–H groups in total. The standard InChI is InChI=1S/C26H33N3O6/c1-26(2,3)35-25(33)29-20(15-18-11-7-5-8-12-18)23(31)27-17-22(30)28-21(24(32)34-4)16-19-13-9-6-10-14-19/h5-14,20-21H,15-17H2,1-4H3,(H,27,31)(H,28,30)(H,29,33)/t20-,21-/m0/s1. The Morgan fingerprint density at radius 1 is 0.800 bits per heavy atom. The second kappa shape index (κ2) is 13.1. The van der Waals surface area contributed by atoms with Gasteiger partial charge >= 0.3 is 12.1 Å². The predicted molar refractivity (Wildman–Crippen MR) is 130 cm³/mol. The van der Waals surface area contributed by atoms with Crippen LogP contribution in [0.4, 0.5) is 4.79 Å². The molecule has 0 bridgehead atoms. The van der Waals surface area contributed by atoms with Crippen molar-refractivity contribution in [1.82, 2.24) is 16.0 Å². The lowest BCUT2D eigenvalue weighted by Crippen LogP contribution is -2.52. The highest BCUT2D eigenvalue weighted by atomic mass is 16.6. The number of ether oxygens (including phenoxy) is 2. The molecule has 9 nitrogen and oxygen atoms in total. The summed E-state index contributed by atoms with van der Waals surface area (Å²) in [5, 5.41) is 7.68. The van der Waals surface area contributed by atoms with Crippen LogP contribution in [0.25, 0.3) is 0 Å². The summed E-state index contributed by atoms with van der Waals surface area (Å²) in [4.78, 5) is 49.8. The van der Waals surface area contributed by atoms with Gasteiger partial charge in [0.2, 0.25) is 11.8 Å². The molecule has 0 fully saturated rings. The molecule has 2 rings (SSSR count). The average molecular weight is 484 g/mol. The highest BCUT2D eigenvalue weighted by Crippen LogP contribution is 2.09. The van der Waals surface area contributed by atoms with Crippen LogP contribution < -0.4 is 16.0 Å². The summed E-state index contributed by atoms with van der Waals surface area (Å²) in [5.74, 6) is -1.73. The van der Waals surface area contributed by atoms with Crippen LogP contribution in [0, 0.1) is 0 Å². The van der Waals surface area contributed by atoms with Gasteiger partial charge in [-0.2, -0.15) is 0 Å². The molecule has 0 unspecified atom stereocenters. The second-order valence-corrected chi connectivity index (χ2v) is 8.94. The first kappa shape index (κ1) is 27.4. The molecule has 0 aliphatic heterocycles. The number of nitrogens with one attached hydrogen (secondary N) is 3. The molecule has 2 aromatic rings. The number of hydrogen-bond acceptors (Lipinski definition) is 6. The summed E-state index contributed by atoms with van der Waals surface area (Å²) >= 11 is 0. The Kier molecular flexibility index (Phi) is 10.3. The number of benzene rings is 2. The van der Waals surface area contributed by atoms with E-state index < -0.39 is 41.6 Å². The minimum absolute atomic E-state index is 0.201. The van der Waals surface area contributed by atoms with Crippen LogP contribution in [0.1, 0.15) is 31.9 Å². The van der Waals surface area contributed by atoms with Gasteiger partial charge in [0.25, 0.3) is 0 Å². The van der Waals surface area contributed by atoms with Crippen molar-refractivity contribution in [1.29, 1.82) is 0 Å². The number of esters is 1. The maximum Gasteiger partial charge on any atom is 0.408 e. The zero-order chi connectivity index (χ0) is 25.8. The Balaban J connectivity index is 2.01. The van der Waals surface area contributed by atoms with E-state index in [1.807, 2.05) is 60.7 Å². The first-order valence-electron chi connectivity index (χ1n) is 11.3. The van der Waals surface area contributed by atoms with E-state index in [9.17, 15) is 19.2 Å². The Bertz CT molecular complexity index is 989. The lowest BCUT2D eigenvalue weighted by Gasteiger charge is -2.23. The van der Waals surface area contributed by atoms with Crippen molar-refractivity contribution >= 4 is 23.9 Å². The van der Waals surface area contributed by atoms with E-state index in [2.05, 4.69) is 16.0 Å². The smallest absolute Gasteiger partial charge is 0.408 e. The van der Waals surface area contributed by atoms with Gasteiger partial charge in [0, 0.05) is 12.8 Å². The fourth-order valence-corrected chi connectivity index (χ4v) is 3.23. The van der Waals surface area contributed by atoms with E-state index in [1.165, 1.54) is 7.11 Å². The van der Waals surface area contributed by atoms with Crippen LogP contribution in [0.5, 0.6) is 0 Å². The Labute approximate surface area is 205 Å². The number of carbonyl (C=O) groups is 4. The molecule has 0 spiro atoms. The van der Waals surface area contributed by atoms with Gasteiger partial charge in [0.15, 0.2) is 0 Å². The number of alkyl carbamates (subject to hydrolysis) is 1. The van der Waals surface area contributed by atoms with E-state index in [0.717, 1.165) is 11.1 Å². The van der Waals surface area contributed by atoms with Crippen molar-refractivity contribution in [2.24, 2.45) is 0 Å². The number of rotatable bonds is 10. The topological polar surface area (TPSA) is 123 Å². The number of methoxy groups -OCH3 is 1. The Morgan fingerprint density at radius 3 is 1.80 bits per heavy atom. The Hall–Kier alpha value is -3.88. The van der Waals surface area contributed by atoms with Gasteiger partial charge in [-0.15, -0.1) is 0 Å². The SMILES string of the molecule is COC(=O)[C@H](Cc1ccccc1)NC(=O)CNC(=O)[C@H](Cc1ccccc1)NC(=O)OC(C)(C)C. The average Bonchev–Trinajstić information content (AvgIpc) is 2.81. The molecule has 2 aromatic carbocycles. The quantitative estimate of drug-likeness (QED) is 0.445. The lowest BCUT2D eigenvalue weighted by molar-refractivity contribution is -0.145. The monoisotopic (exact) mass is 483 g/mol. The van der Waals surface area contributed by atoms with E-state index in [1.54, 1.807) is 20.8 Å². The summed E-state index contributed by atoms with van der Waals surface area (Å²) in [6.07, 6.45) is -0.303. The third-order valence-corrected chi connectivity index (χ3v) is 4.82. The molecule has 3 amide bonds. The molecule has 2 atom stereocenters. The third kappa shape index (κ3) is 10.3. The highest BCUT2D eigenvalue weighted by molar-refractivity contribution is 5.91. The fourth-order valence-electron chi connectivity index (χ4n) is 3.23. The summed E-state index contributed by atoms with van der Waals surface area (Å²) in [5.41, 5.74) is 0.929. The molecule has 0 heterocycles. The number of hydrogen-bond donors (Lipinski definition) is 3. The molecule has 0 saturated carbocycles. The van der Waals surface area contributed by atoms with Gasteiger partial charge in [-0.1, -0.05) is 60.7 Å². The van der Waals surface area contributed by atoms with E-state index >= 15 is 0 Å². The van der Waals surface area contributed by atoms with Gasteiger partial charge in [-0.05, 0) is 31.9 Å². The number of amides is 3. The van der Waals surface area contributed by atoms with E-state index in [4.69, 9.17) is 9.47 Å². The normalized spacial score (nSPS) is 12.6. The minimum Gasteiger partial charge on any atom is -0.467 e. The summed E-state index contributed by atoms with van der Waals surface area (Å²) < 4.78 is 10.1. The van der Waals surface area contributed by atoms with Crippen LogP contribution in [0.3, 0.4) is 0 Å². The minimum atomic E-state index is -0.972. The van der Waals surface area contributed by atoms with Gasteiger partial charge < -0.3 is 25.4 Å². The summed E-state index contributed by atoms with van der Waals surface area (Å²) in [6.45, 7) is 4.77. The van der Waals surface area contributed by atoms with Crippen molar-refractivity contribution in [3.63, 3.8) is 0 Å². The van der Waals surface area contributed by atoms with Crippen molar-refractivity contribution in [3.05, 3.63) is 71.8 Å². The first-order chi connectivity index (χ1) is 16.6. The summed E-state index contributed by atoms with van der Waals surface area (Å²) in [7, 11) is 1.24. The molecule has 0 aliphatic rings. The third-order valence-electron chi connectivity index (χ3n) is 4.82. The van der Waals surface area contributed by atoms with Crippen LogP contribution in [0.2, 0.25) is 0 Å². The zero-order valence-corrected chi connectivity index (χ0v) is 20.5. The van der Waals surface area contributed by atoms with E-state index in [0.29, 0.717) is 0 Å². The van der Waals surface area contributed by atoms with Gasteiger partial charge in [0.1, 0.15) is 17.7 Å². The molecular weight excluding hydrogens is 450 g/mol. The molecule has 0 radical (unpaired) electrons. The predicted octanol–water partition coefficient (Wildman–Crippen LogP) is 2.14. The molecule has 188 valence electrons. The number of carbonyl (C=O) groups excluding carboxylic acids is 4. The Morgan fingerprint density at radius 2 is 1.31 bits per heavy atom. The van der Waals surface area contributed by atoms with Crippen molar-refractivity contribution in [2.45, 2.75) is 51.3 Å². The lowest BCUT2D eigenvalue weighted by atomic mass is 10.1. The van der Waals surface area contributed by atoms with Crippen LogP contribution in [-0.4, -0.2) is 55.2 Å². The van der Waals surface area contributed by atoms with Crippen LogP contribution in [0.15, 0.2) is 60.7 Å². The summed E-state index contributed by atoms with van der Waals surface area (Å²) in [6, 6.07) is 16.4. The molecule has 9 heteroatoms. The highest BCUT2D eigenvalue weighted by Gasteiger charge is 2.26. The van der Waals surface area contributed by atoms with E-state index in [-0.39, 0.29) is 19.4 Å².